The lowest BCUT2D eigenvalue weighted by Gasteiger charge is -2.33. The molecule has 3 aromatic rings. The van der Waals surface area contributed by atoms with Crippen LogP contribution in [0.1, 0.15) is 18.5 Å². The molecule has 1 aliphatic rings. The van der Waals surface area contributed by atoms with Crippen molar-refractivity contribution in [3.05, 3.63) is 63.4 Å². The van der Waals surface area contributed by atoms with Crippen LogP contribution in [0.5, 0.6) is 0 Å². The zero-order valence-corrected chi connectivity index (χ0v) is 16.7. The number of rotatable bonds is 3. The average molecular weight is 397 g/mol. The van der Waals surface area contributed by atoms with Gasteiger partial charge in [0.2, 0.25) is 5.91 Å². The van der Waals surface area contributed by atoms with E-state index >= 15 is 0 Å². The zero-order valence-electron chi connectivity index (χ0n) is 15.9. The van der Waals surface area contributed by atoms with E-state index in [4.69, 9.17) is 11.6 Å². The minimum absolute atomic E-state index is 0.0606. The molecule has 0 saturated heterocycles. The molecule has 4 rings (SSSR count). The van der Waals surface area contributed by atoms with Gasteiger partial charge in [-0.25, -0.2) is 0 Å². The van der Waals surface area contributed by atoms with Gasteiger partial charge in [0.15, 0.2) is 0 Å². The van der Waals surface area contributed by atoms with E-state index in [9.17, 15) is 9.59 Å². The number of fused-ring (bicyclic) bond motifs is 2. The highest BCUT2D eigenvalue weighted by Gasteiger charge is 2.24. The Labute approximate surface area is 167 Å². The first-order valence-electron chi connectivity index (χ1n) is 9.04. The third kappa shape index (κ3) is 3.20. The first-order chi connectivity index (χ1) is 13.3. The lowest BCUT2D eigenvalue weighted by Crippen LogP contribution is -2.42. The second-order valence-electron chi connectivity index (χ2n) is 7.16. The van der Waals surface area contributed by atoms with Crippen molar-refractivity contribution in [3.8, 4) is 0 Å². The van der Waals surface area contributed by atoms with Crippen molar-refractivity contribution >= 4 is 45.5 Å². The Morgan fingerprint density at radius 3 is 2.64 bits per heavy atom. The number of aromatic nitrogens is 1. The molecule has 0 unspecified atom stereocenters. The van der Waals surface area contributed by atoms with Crippen molar-refractivity contribution in [1.29, 1.82) is 0 Å². The first kappa shape index (κ1) is 18.4. The maximum atomic E-state index is 12.5. The Bertz CT molecular complexity index is 1140. The molecule has 0 saturated carbocycles. The van der Waals surface area contributed by atoms with E-state index in [0.717, 1.165) is 28.0 Å². The first-order valence-corrected chi connectivity index (χ1v) is 9.42. The van der Waals surface area contributed by atoms with Crippen molar-refractivity contribution in [2.75, 3.05) is 35.8 Å². The number of nitrogens with one attached hydrogen (secondary N) is 2. The Morgan fingerprint density at radius 2 is 1.86 bits per heavy atom. The number of carbonyl (C=O) groups is 1. The molecular formula is C21H21ClN4O2. The van der Waals surface area contributed by atoms with E-state index in [1.165, 1.54) is 0 Å². The van der Waals surface area contributed by atoms with Crippen molar-refractivity contribution in [2.24, 2.45) is 0 Å². The molecule has 7 heteroatoms. The summed E-state index contributed by atoms with van der Waals surface area (Å²) in [6.07, 6.45) is 0. The predicted octanol–water partition coefficient (Wildman–Crippen LogP) is 3.77. The van der Waals surface area contributed by atoms with Crippen LogP contribution in [0.3, 0.4) is 0 Å². The van der Waals surface area contributed by atoms with Gasteiger partial charge in [0.05, 0.1) is 24.0 Å². The van der Waals surface area contributed by atoms with Crippen molar-refractivity contribution in [2.45, 2.75) is 13.0 Å². The van der Waals surface area contributed by atoms with Crippen LogP contribution in [0.4, 0.5) is 17.1 Å². The maximum absolute atomic E-state index is 12.5. The van der Waals surface area contributed by atoms with Gasteiger partial charge in [-0.3, -0.25) is 9.59 Å². The van der Waals surface area contributed by atoms with E-state index < -0.39 is 0 Å². The van der Waals surface area contributed by atoms with E-state index in [2.05, 4.69) is 10.3 Å². The molecule has 0 bridgehead atoms. The average Bonchev–Trinajstić information content (AvgIpc) is 2.66. The molecule has 144 valence electrons. The van der Waals surface area contributed by atoms with Gasteiger partial charge in [0.25, 0.3) is 5.56 Å². The summed E-state index contributed by atoms with van der Waals surface area (Å²) < 4.78 is 0. The summed E-state index contributed by atoms with van der Waals surface area (Å²) in [6.45, 7) is 2.29. The minimum atomic E-state index is -0.210. The van der Waals surface area contributed by atoms with Gasteiger partial charge in [0.1, 0.15) is 0 Å². The Kier molecular flexibility index (Phi) is 4.51. The minimum Gasteiger partial charge on any atom is -0.378 e. The lowest BCUT2D eigenvalue weighted by molar-refractivity contribution is -0.117. The lowest BCUT2D eigenvalue weighted by atomic mass is 10.1. The molecule has 2 heterocycles. The van der Waals surface area contributed by atoms with Crippen LogP contribution in [0.2, 0.25) is 5.02 Å². The summed E-state index contributed by atoms with van der Waals surface area (Å²) in [6, 6.07) is 12.9. The number of aromatic amines is 1. The monoisotopic (exact) mass is 396 g/mol. The number of amides is 1. The molecule has 0 aliphatic carbocycles. The smallest absolute Gasteiger partial charge is 0.253 e. The molecule has 0 spiro atoms. The number of hydrogen-bond acceptors (Lipinski definition) is 4. The topological polar surface area (TPSA) is 68.4 Å². The molecule has 28 heavy (non-hydrogen) atoms. The molecule has 2 aromatic carbocycles. The van der Waals surface area contributed by atoms with Crippen LogP contribution in [-0.2, 0) is 4.79 Å². The van der Waals surface area contributed by atoms with Gasteiger partial charge in [0, 0.05) is 41.3 Å². The van der Waals surface area contributed by atoms with E-state index in [1.807, 2.05) is 49.2 Å². The summed E-state index contributed by atoms with van der Waals surface area (Å²) in [4.78, 5) is 31.0. The number of likely N-dealkylation sites (N-methyl/N-ethyl adjacent to an activating group) is 2. The highest BCUT2D eigenvalue weighted by Crippen LogP contribution is 2.35. The predicted molar refractivity (Wildman–Crippen MR) is 115 cm³/mol. The van der Waals surface area contributed by atoms with Gasteiger partial charge >= 0.3 is 0 Å². The SMILES string of the molecule is C[C@H](Nc1ccc2c(c1)N(C)CC(=O)N2C)c1cc2cc(Cl)ccc2[nH]c1=O. The molecule has 1 aromatic heterocycles. The number of anilines is 3. The molecule has 0 fully saturated rings. The van der Waals surface area contributed by atoms with E-state index in [1.54, 1.807) is 24.1 Å². The summed E-state index contributed by atoms with van der Waals surface area (Å²) in [5.74, 6) is 0.0606. The van der Waals surface area contributed by atoms with Crippen LogP contribution in [-0.4, -0.2) is 31.5 Å². The summed E-state index contributed by atoms with van der Waals surface area (Å²) in [7, 11) is 3.68. The second kappa shape index (κ2) is 6.87. The van der Waals surface area contributed by atoms with Crippen LogP contribution in [0.25, 0.3) is 10.9 Å². The molecule has 2 N–H and O–H groups in total. The van der Waals surface area contributed by atoms with E-state index in [0.29, 0.717) is 17.1 Å². The van der Waals surface area contributed by atoms with Crippen LogP contribution >= 0.6 is 11.6 Å². The number of hydrogen-bond donors (Lipinski definition) is 2. The number of nitrogens with zero attached hydrogens (tertiary/aromatic N) is 2. The van der Waals surface area contributed by atoms with Gasteiger partial charge < -0.3 is 20.1 Å². The van der Waals surface area contributed by atoms with E-state index in [-0.39, 0.29) is 17.5 Å². The van der Waals surface area contributed by atoms with Gasteiger partial charge in [-0.2, -0.15) is 0 Å². The highest BCUT2D eigenvalue weighted by molar-refractivity contribution is 6.31. The molecule has 1 aliphatic heterocycles. The molecule has 1 atom stereocenters. The highest BCUT2D eigenvalue weighted by atomic mass is 35.5. The fraction of sp³-hybridized carbons (Fsp3) is 0.238. The summed E-state index contributed by atoms with van der Waals surface area (Å²) >= 11 is 6.08. The number of H-pyrrole nitrogens is 1. The zero-order chi connectivity index (χ0) is 20.0. The summed E-state index contributed by atoms with van der Waals surface area (Å²) in [5.41, 5.74) is 3.98. The number of pyridine rings is 1. The second-order valence-corrected chi connectivity index (χ2v) is 7.60. The van der Waals surface area contributed by atoms with Crippen molar-refractivity contribution < 1.29 is 4.79 Å². The van der Waals surface area contributed by atoms with Gasteiger partial charge in [-0.05, 0) is 49.4 Å². The molecule has 1 amide bonds. The maximum Gasteiger partial charge on any atom is 0.253 e. The fourth-order valence-electron chi connectivity index (χ4n) is 3.57. The Hall–Kier alpha value is -2.99. The quantitative estimate of drug-likeness (QED) is 0.707. The van der Waals surface area contributed by atoms with Crippen LogP contribution in [0.15, 0.2) is 47.3 Å². The molecule has 6 nitrogen and oxygen atoms in total. The fourth-order valence-corrected chi connectivity index (χ4v) is 3.76. The number of carbonyl (C=O) groups excluding carboxylic acids is 1. The number of benzene rings is 2. The summed E-state index contributed by atoms with van der Waals surface area (Å²) in [5, 5.41) is 4.91. The molecule has 0 radical (unpaired) electrons. The standard InChI is InChI=1S/C21H21ClN4O2/c1-12(16-9-13-8-14(22)4-6-17(13)24-21(16)28)23-15-5-7-18-19(10-15)25(2)11-20(27)26(18)3/h4-10,12,23H,11H2,1-3H3,(H,24,28)/t12-/m0/s1. The van der Waals surface area contributed by atoms with Crippen LogP contribution in [0, 0.1) is 0 Å². The Morgan fingerprint density at radius 1 is 1.07 bits per heavy atom. The largest absolute Gasteiger partial charge is 0.378 e. The third-order valence-corrected chi connectivity index (χ3v) is 5.41. The third-order valence-electron chi connectivity index (χ3n) is 5.18. The van der Waals surface area contributed by atoms with Crippen molar-refractivity contribution in [1.82, 2.24) is 4.98 Å². The van der Waals surface area contributed by atoms with Crippen LogP contribution < -0.4 is 20.7 Å². The van der Waals surface area contributed by atoms with Crippen molar-refractivity contribution in [3.63, 3.8) is 0 Å². The Balaban J connectivity index is 1.66. The normalized spacial score (nSPS) is 14.9. The van der Waals surface area contributed by atoms with Gasteiger partial charge in [-0.15, -0.1) is 0 Å². The van der Waals surface area contributed by atoms with Gasteiger partial charge in [-0.1, -0.05) is 11.6 Å². The number of halogens is 1. The molecular weight excluding hydrogens is 376 g/mol.